The van der Waals surface area contributed by atoms with Gasteiger partial charge in [0.05, 0.1) is 4.92 Å². The molecule has 0 N–H and O–H groups in total. The third-order valence-electron chi connectivity index (χ3n) is 4.10. The Morgan fingerprint density at radius 3 is 2.04 bits per heavy atom. The van der Waals surface area contributed by atoms with Crippen molar-refractivity contribution >= 4 is 23.1 Å². The van der Waals surface area contributed by atoms with Crippen molar-refractivity contribution in [1.82, 2.24) is 0 Å². The maximum Gasteiger partial charge on any atom is 0.328 e. The predicted molar refractivity (Wildman–Crippen MR) is 100 cm³/mol. The molecule has 0 aliphatic heterocycles. The molecule has 0 aromatic heterocycles. The normalized spacial score (nSPS) is 11.1. The molecule has 0 aliphatic carbocycles. The summed E-state index contributed by atoms with van der Waals surface area (Å²) in [5, 5.41) is 10.8. The van der Waals surface area contributed by atoms with Crippen molar-refractivity contribution in [1.29, 1.82) is 0 Å². The van der Waals surface area contributed by atoms with E-state index in [4.69, 9.17) is 0 Å². The Kier molecular flexibility index (Phi) is 5.11. The third-order valence-corrected chi connectivity index (χ3v) is 4.10. The Labute approximate surface area is 147 Å². The summed E-state index contributed by atoms with van der Waals surface area (Å²) in [6.07, 6.45) is 0. The largest absolute Gasteiger partial charge is 0.328 e. The topological polar surface area (TPSA) is 66.7 Å². The molecule has 2 amide bonds. The molecule has 0 heterocycles. The first-order valence-electron chi connectivity index (χ1n) is 7.98. The van der Waals surface area contributed by atoms with Crippen LogP contribution in [0.2, 0.25) is 0 Å². The monoisotopic (exact) mass is 341 g/mol. The van der Waals surface area contributed by atoms with Crippen molar-refractivity contribution in [3.63, 3.8) is 0 Å². The van der Waals surface area contributed by atoms with E-state index in [1.54, 1.807) is 31.1 Å². The van der Waals surface area contributed by atoms with Gasteiger partial charge in [0, 0.05) is 37.6 Å². The first-order chi connectivity index (χ1) is 11.6. The number of hydrogen-bond acceptors (Lipinski definition) is 3. The zero-order valence-electron chi connectivity index (χ0n) is 15.2. The van der Waals surface area contributed by atoms with Gasteiger partial charge in [-0.05, 0) is 29.2 Å². The van der Waals surface area contributed by atoms with Gasteiger partial charge in [-0.1, -0.05) is 39.0 Å². The van der Waals surface area contributed by atoms with Crippen LogP contribution in [-0.2, 0) is 5.41 Å². The molecule has 0 saturated heterocycles. The lowest BCUT2D eigenvalue weighted by molar-refractivity contribution is -0.384. The van der Waals surface area contributed by atoms with Gasteiger partial charge in [-0.25, -0.2) is 4.79 Å². The minimum absolute atomic E-state index is 0.00367. The van der Waals surface area contributed by atoms with Crippen LogP contribution in [0.4, 0.5) is 21.9 Å². The summed E-state index contributed by atoms with van der Waals surface area (Å²) in [4.78, 5) is 26.2. The summed E-state index contributed by atoms with van der Waals surface area (Å²) in [5.74, 6) is 0. The number of para-hydroxylation sites is 1. The zero-order chi connectivity index (χ0) is 18.8. The van der Waals surface area contributed by atoms with Gasteiger partial charge in [0.25, 0.3) is 5.69 Å². The Balaban J connectivity index is 2.29. The van der Waals surface area contributed by atoms with Gasteiger partial charge in [-0.3, -0.25) is 19.9 Å². The molecule has 0 saturated carbocycles. The Morgan fingerprint density at radius 1 is 0.960 bits per heavy atom. The highest BCUT2D eigenvalue weighted by Gasteiger charge is 2.24. The SMILES string of the molecule is CN(C(=O)N(C)c1ccccc1C(C)(C)C)c1ccc([N+](=O)[O-])cc1. The number of nitro groups is 1. The van der Waals surface area contributed by atoms with Crippen LogP contribution in [0, 0.1) is 10.1 Å². The molecule has 6 heteroatoms. The number of nitrogens with zero attached hydrogens (tertiary/aromatic N) is 3. The lowest BCUT2D eigenvalue weighted by atomic mass is 9.85. The fourth-order valence-corrected chi connectivity index (χ4v) is 2.64. The summed E-state index contributed by atoms with van der Waals surface area (Å²) in [7, 11) is 3.38. The molecule has 0 fully saturated rings. The van der Waals surface area contributed by atoms with Crippen LogP contribution in [0.1, 0.15) is 26.3 Å². The van der Waals surface area contributed by atoms with Crippen molar-refractivity contribution in [2.75, 3.05) is 23.9 Å². The van der Waals surface area contributed by atoms with Gasteiger partial charge in [-0.2, -0.15) is 0 Å². The molecule has 0 bridgehead atoms. The number of carbonyl (C=O) groups excluding carboxylic acids is 1. The predicted octanol–water partition coefficient (Wildman–Crippen LogP) is 4.58. The van der Waals surface area contributed by atoms with E-state index in [2.05, 4.69) is 20.8 Å². The van der Waals surface area contributed by atoms with Gasteiger partial charge < -0.3 is 0 Å². The van der Waals surface area contributed by atoms with Gasteiger partial charge in [0.15, 0.2) is 0 Å². The average molecular weight is 341 g/mol. The number of benzene rings is 2. The van der Waals surface area contributed by atoms with E-state index in [0.29, 0.717) is 5.69 Å². The number of urea groups is 1. The second-order valence-corrected chi connectivity index (χ2v) is 6.94. The molecule has 6 nitrogen and oxygen atoms in total. The van der Waals surface area contributed by atoms with Crippen molar-refractivity contribution < 1.29 is 9.72 Å². The van der Waals surface area contributed by atoms with E-state index in [9.17, 15) is 14.9 Å². The quantitative estimate of drug-likeness (QED) is 0.606. The first kappa shape index (κ1) is 18.4. The number of non-ortho nitro benzene ring substituents is 1. The lowest BCUT2D eigenvalue weighted by Gasteiger charge is -2.30. The van der Waals surface area contributed by atoms with Crippen molar-refractivity contribution in [3.05, 3.63) is 64.2 Å². The molecule has 0 radical (unpaired) electrons. The Morgan fingerprint density at radius 2 is 1.52 bits per heavy atom. The van der Waals surface area contributed by atoms with Crippen LogP contribution in [0.3, 0.4) is 0 Å². The van der Waals surface area contributed by atoms with E-state index in [1.807, 2.05) is 24.3 Å². The minimum Gasteiger partial charge on any atom is -0.297 e. The number of hydrogen-bond donors (Lipinski definition) is 0. The molecule has 0 unspecified atom stereocenters. The van der Waals surface area contributed by atoms with E-state index in [0.717, 1.165) is 11.3 Å². The number of anilines is 2. The molecule has 25 heavy (non-hydrogen) atoms. The smallest absolute Gasteiger partial charge is 0.297 e. The van der Waals surface area contributed by atoms with E-state index in [-0.39, 0.29) is 17.1 Å². The molecule has 2 rings (SSSR count). The summed E-state index contributed by atoms with van der Waals surface area (Å²) >= 11 is 0. The summed E-state index contributed by atoms with van der Waals surface area (Å²) in [6.45, 7) is 6.30. The number of nitro benzene ring substituents is 1. The molecule has 2 aromatic rings. The standard InChI is InChI=1S/C19H23N3O3/c1-19(2,3)16-8-6-7-9-17(16)21(5)18(23)20(4)14-10-12-15(13-11-14)22(24)25/h6-13H,1-5H3. The maximum atomic E-state index is 12.9. The van der Waals surface area contributed by atoms with Crippen molar-refractivity contribution in [2.45, 2.75) is 26.2 Å². The Bertz CT molecular complexity index is 779. The van der Waals surface area contributed by atoms with Gasteiger partial charge >= 0.3 is 6.03 Å². The second kappa shape index (κ2) is 6.93. The van der Waals surface area contributed by atoms with E-state index < -0.39 is 4.92 Å². The molecular formula is C19H23N3O3. The molecule has 2 aromatic carbocycles. The van der Waals surface area contributed by atoms with Crippen LogP contribution < -0.4 is 9.80 Å². The number of carbonyl (C=O) groups is 1. The molecular weight excluding hydrogens is 318 g/mol. The van der Waals surface area contributed by atoms with Crippen LogP contribution in [0.25, 0.3) is 0 Å². The van der Waals surface area contributed by atoms with E-state index >= 15 is 0 Å². The molecule has 0 aliphatic rings. The zero-order valence-corrected chi connectivity index (χ0v) is 15.2. The summed E-state index contributed by atoms with van der Waals surface area (Å²) in [5.41, 5.74) is 2.40. The fraction of sp³-hybridized carbons (Fsp3) is 0.316. The van der Waals surface area contributed by atoms with Crippen LogP contribution in [0.5, 0.6) is 0 Å². The maximum absolute atomic E-state index is 12.9. The van der Waals surface area contributed by atoms with Gasteiger partial charge in [0.1, 0.15) is 0 Å². The Hall–Kier alpha value is -2.89. The number of amides is 2. The summed E-state index contributed by atoms with van der Waals surface area (Å²) < 4.78 is 0. The van der Waals surface area contributed by atoms with Crippen molar-refractivity contribution in [2.24, 2.45) is 0 Å². The van der Waals surface area contributed by atoms with Crippen LogP contribution in [0.15, 0.2) is 48.5 Å². The summed E-state index contributed by atoms with van der Waals surface area (Å²) in [6, 6.07) is 13.5. The average Bonchev–Trinajstić information content (AvgIpc) is 2.59. The fourth-order valence-electron chi connectivity index (χ4n) is 2.64. The molecule has 0 atom stereocenters. The van der Waals surface area contributed by atoms with Crippen molar-refractivity contribution in [3.8, 4) is 0 Å². The lowest BCUT2D eigenvalue weighted by Crippen LogP contribution is -2.40. The first-order valence-corrected chi connectivity index (χ1v) is 7.98. The van der Waals surface area contributed by atoms with Crippen LogP contribution >= 0.6 is 0 Å². The van der Waals surface area contributed by atoms with Gasteiger partial charge in [-0.15, -0.1) is 0 Å². The molecule has 132 valence electrons. The highest BCUT2D eigenvalue weighted by molar-refractivity contribution is 6.03. The highest BCUT2D eigenvalue weighted by Crippen LogP contribution is 2.32. The van der Waals surface area contributed by atoms with Crippen LogP contribution in [-0.4, -0.2) is 25.0 Å². The minimum atomic E-state index is -0.461. The number of rotatable bonds is 3. The van der Waals surface area contributed by atoms with Gasteiger partial charge in [0.2, 0.25) is 0 Å². The molecule has 0 spiro atoms. The van der Waals surface area contributed by atoms with E-state index in [1.165, 1.54) is 17.0 Å². The highest BCUT2D eigenvalue weighted by atomic mass is 16.6. The second-order valence-electron chi connectivity index (χ2n) is 6.94. The third kappa shape index (κ3) is 3.96.